The van der Waals surface area contributed by atoms with Crippen LogP contribution in [0.15, 0.2) is 9.85 Å². The Bertz CT molecular complexity index is 475. The topological polar surface area (TPSA) is 40.6 Å². The molecule has 1 aliphatic heterocycles. The summed E-state index contributed by atoms with van der Waals surface area (Å²) in [6, 6.07) is 1.86. The fraction of sp³-hybridized carbons (Fsp3) is 0.538. The van der Waals surface area contributed by atoms with Crippen LogP contribution in [0.4, 0.5) is 0 Å². The molecule has 0 aliphatic carbocycles. The molecule has 1 saturated heterocycles. The van der Waals surface area contributed by atoms with E-state index in [1.165, 1.54) is 16.2 Å². The molecule has 2 heterocycles. The largest absolute Gasteiger partial charge is 0.341 e. The Morgan fingerprint density at radius 1 is 1.42 bits per heavy atom. The molecule has 19 heavy (non-hydrogen) atoms. The van der Waals surface area contributed by atoms with E-state index in [4.69, 9.17) is 0 Å². The summed E-state index contributed by atoms with van der Waals surface area (Å²) < 4.78 is 0.968. The first-order chi connectivity index (χ1) is 8.99. The predicted octanol–water partition coefficient (Wildman–Crippen LogP) is 2.51. The zero-order valence-corrected chi connectivity index (χ0v) is 13.5. The van der Waals surface area contributed by atoms with Crippen LogP contribution in [0.1, 0.15) is 28.1 Å². The number of carbonyl (C=O) groups excluding carboxylic acids is 2. The summed E-state index contributed by atoms with van der Waals surface area (Å²) in [4.78, 5) is 28.2. The van der Waals surface area contributed by atoms with Gasteiger partial charge in [0, 0.05) is 20.1 Å². The molecule has 0 saturated carbocycles. The lowest BCUT2D eigenvalue weighted by Crippen LogP contribution is -2.39. The maximum Gasteiger partial charge on any atom is 0.264 e. The summed E-state index contributed by atoms with van der Waals surface area (Å²) in [6.45, 7) is 3.76. The number of carbonyl (C=O) groups is 2. The van der Waals surface area contributed by atoms with Crippen LogP contribution in [-0.4, -0.2) is 48.3 Å². The van der Waals surface area contributed by atoms with Crippen molar-refractivity contribution in [1.82, 2.24) is 9.80 Å². The number of likely N-dealkylation sites (N-methyl/N-ethyl adjacent to an activating group) is 1. The van der Waals surface area contributed by atoms with Gasteiger partial charge in [0.2, 0.25) is 5.91 Å². The molecule has 1 aromatic rings. The van der Waals surface area contributed by atoms with E-state index in [9.17, 15) is 9.59 Å². The van der Waals surface area contributed by atoms with Gasteiger partial charge in [-0.15, -0.1) is 11.3 Å². The number of hydrogen-bond acceptors (Lipinski definition) is 3. The van der Waals surface area contributed by atoms with Crippen molar-refractivity contribution in [1.29, 1.82) is 0 Å². The number of rotatable bonds is 3. The lowest BCUT2D eigenvalue weighted by molar-refractivity contribution is -0.130. The smallest absolute Gasteiger partial charge is 0.264 e. The number of likely N-dealkylation sites (tertiary alicyclic amines) is 1. The minimum atomic E-state index is -0.0913. The summed E-state index contributed by atoms with van der Waals surface area (Å²) in [7, 11) is 1.68. The van der Waals surface area contributed by atoms with Gasteiger partial charge in [0.15, 0.2) is 0 Å². The van der Waals surface area contributed by atoms with E-state index < -0.39 is 0 Å². The minimum Gasteiger partial charge on any atom is -0.341 e. The molecule has 0 aromatic carbocycles. The molecule has 2 amide bonds. The second-order valence-electron chi connectivity index (χ2n) is 4.82. The molecule has 6 heteroatoms. The fourth-order valence-electron chi connectivity index (χ4n) is 2.09. The number of nitrogens with zero attached hydrogens (tertiary/aromatic N) is 2. The van der Waals surface area contributed by atoms with E-state index in [-0.39, 0.29) is 18.4 Å². The minimum absolute atomic E-state index is 0.0423. The van der Waals surface area contributed by atoms with E-state index in [0.29, 0.717) is 4.88 Å². The third-order valence-corrected chi connectivity index (χ3v) is 5.37. The molecule has 0 atom stereocenters. The van der Waals surface area contributed by atoms with Gasteiger partial charge in [-0.2, -0.15) is 0 Å². The van der Waals surface area contributed by atoms with Gasteiger partial charge >= 0.3 is 0 Å². The molecular weight excluding hydrogens is 328 g/mol. The normalized spacial score (nSPS) is 14.8. The van der Waals surface area contributed by atoms with Gasteiger partial charge in [0.05, 0.1) is 15.2 Å². The average Bonchev–Trinajstić information content (AvgIpc) is 2.99. The standard InChI is InChI=1S/C13H17BrN2O2S/c1-9-7-10(19-12(9)14)13(18)15(2)8-11(17)16-5-3-4-6-16/h7H,3-6,8H2,1-2H3. The lowest BCUT2D eigenvalue weighted by Gasteiger charge is -2.20. The summed E-state index contributed by atoms with van der Waals surface area (Å²) in [5.74, 6) is -0.0490. The van der Waals surface area contributed by atoms with Crippen LogP contribution in [0.3, 0.4) is 0 Å². The number of aryl methyl sites for hydroxylation is 1. The first kappa shape index (κ1) is 14.5. The van der Waals surface area contributed by atoms with Crippen LogP contribution >= 0.6 is 27.3 Å². The van der Waals surface area contributed by atoms with Gasteiger partial charge in [0.1, 0.15) is 0 Å². The maximum atomic E-state index is 12.2. The highest BCUT2D eigenvalue weighted by molar-refractivity contribution is 9.11. The quantitative estimate of drug-likeness (QED) is 0.845. The second kappa shape index (κ2) is 6.05. The van der Waals surface area contributed by atoms with Crippen molar-refractivity contribution in [2.75, 3.05) is 26.7 Å². The van der Waals surface area contributed by atoms with Gasteiger partial charge in [-0.3, -0.25) is 9.59 Å². The monoisotopic (exact) mass is 344 g/mol. The van der Waals surface area contributed by atoms with Gasteiger partial charge < -0.3 is 9.80 Å². The van der Waals surface area contributed by atoms with Crippen molar-refractivity contribution in [3.63, 3.8) is 0 Å². The number of thiophene rings is 1. The van der Waals surface area contributed by atoms with Crippen LogP contribution < -0.4 is 0 Å². The van der Waals surface area contributed by atoms with Crippen LogP contribution in [0.2, 0.25) is 0 Å². The van der Waals surface area contributed by atoms with E-state index in [1.807, 2.05) is 17.9 Å². The highest BCUT2D eigenvalue weighted by Crippen LogP contribution is 2.28. The fourth-order valence-corrected chi connectivity index (χ4v) is 3.62. The summed E-state index contributed by atoms with van der Waals surface area (Å²) in [5, 5.41) is 0. The molecule has 4 nitrogen and oxygen atoms in total. The molecule has 0 unspecified atom stereocenters. The summed E-state index contributed by atoms with van der Waals surface area (Å²) >= 11 is 4.82. The van der Waals surface area contributed by atoms with Crippen molar-refractivity contribution in [3.8, 4) is 0 Å². The van der Waals surface area contributed by atoms with Gasteiger partial charge in [0.25, 0.3) is 5.91 Å². The Hall–Kier alpha value is -0.880. The van der Waals surface area contributed by atoms with Crippen LogP contribution in [0, 0.1) is 6.92 Å². The Morgan fingerprint density at radius 3 is 2.58 bits per heavy atom. The Morgan fingerprint density at radius 2 is 2.05 bits per heavy atom. The number of halogens is 1. The second-order valence-corrected chi connectivity index (χ2v) is 7.19. The molecule has 2 rings (SSSR count). The first-order valence-electron chi connectivity index (χ1n) is 6.28. The third kappa shape index (κ3) is 3.36. The van der Waals surface area contributed by atoms with Gasteiger partial charge in [-0.05, 0) is 47.3 Å². The number of hydrogen-bond donors (Lipinski definition) is 0. The number of amides is 2. The highest BCUT2D eigenvalue weighted by atomic mass is 79.9. The van der Waals surface area contributed by atoms with Crippen LogP contribution in [0.25, 0.3) is 0 Å². The highest BCUT2D eigenvalue weighted by Gasteiger charge is 2.22. The Labute approximate surface area is 125 Å². The molecule has 0 spiro atoms. The molecule has 104 valence electrons. The molecule has 1 aliphatic rings. The van der Waals surface area contributed by atoms with Crippen LogP contribution in [0.5, 0.6) is 0 Å². The van der Waals surface area contributed by atoms with Gasteiger partial charge in [-0.1, -0.05) is 0 Å². The van der Waals surface area contributed by atoms with E-state index in [2.05, 4.69) is 15.9 Å². The van der Waals surface area contributed by atoms with Crippen molar-refractivity contribution >= 4 is 39.1 Å². The van der Waals surface area contributed by atoms with Crippen molar-refractivity contribution < 1.29 is 9.59 Å². The molecule has 1 aromatic heterocycles. The van der Waals surface area contributed by atoms with Crippen LogP contribution in [-0.2, 0) is 4.79 Å². The first-order valence-corrected chi connectivity index (χ1v) is 7.89. The average molecular weight is 345 g/mol. The molecule has 0 radical (unpaired) electrons. The third-order valence-electron chi connectivity index (χ3n) is 3.25. The van der Waals surface area contributed by atoms with Crippen molar-refractivity contribution in [2.24, 2.45) is 0 Å². The predicted molar refractivity (Wildman–Crippen MR) is 79.5 cm³/mol. The molecule has 0 N–H and O–H groups in total. The molecular formula is C13H17BrN2O2S. The van der Waals surface area contributed by atoms with Gasteiger partial charge in [-0.25, -0.2) is 0 Å². The summed E-state index contributed by atoms with van der Waals surface area (Å²) in [5.41, 5.74) is 1.05. The lowest BCUT2D eigenvalue weighted by atomic mass is 10.3. The zero-order chi connectivity index (χ0) is 14.0. The van der Waals surface area contributed by atoms with E-state index in [1.54, 1.807) is 7.05 Å². The summed E-state index contributed by atoms with van der Waals surface area (Å²) in [6.07, 6.45) is 2.14. The van der Waals surface area contributed by atoms with Crippen molar-refractivity contribution in [2.45, 2.75) is 19.8 Å². The molecule has 1 fully saturated rings. The maximum absolute atomic E-state index is 12.2. The zero-order valence-electron chi connectivity index (χ0n) is 11.1. The van der Waals surface area contributed by atoms with E-state index >= 15 is 0 Å². The van der Waals surface area contributed by atoms with E-state index in [0.717, 1.165) is 35.3 Å². The molecule has 0 bridgehead atoms. The Kier molecular flexibility index (Phi) is 4.62. The SMILES string of the molecule is Cc1cc(C(=O)N(C)CC(=O)N2CCCC2)sc1Br. The van der Waals surface area contributed by atoms with Crippen molar-refractivity contribution in [3.05, 3.63) is 20.3 Å². The Balaban J connectivity index is 1.97.